The molecule has 1 rings (SSSR count). The third-order valence-corrected chi connectivity index (χ3v) is 3.45. The first kappa shape index (κ1) is 16.4. The number of halogens is 1. The van der Waals surface area contributed by atoms with Crippen LogP contribution in [0, 0.1) is 5.41 Å². The highest BCUT2D eigenvalue weighted by Gasteiger charge is 2.19. The second-order valence-electron chi connectivity index (χ2n) is 5.42. The molecule has 0 saturated heterocycles. The summed E-state index contributed by atoms with van der Waals surface area (Å²) in [5.41, 5.74) is 0.210. The van der Waals surface area contributed by atoms with Crippen LogP contribution in [0.1, 0.15) is 43.5 Å². The fourth-order valence-electron chi connectivity index (χ4n) is 1.72. The van der Waals surface area contributed by atoms with Crippen molar-refractivity contribution in [2.24, 2.45) is 5.41 Å². The van der Waals surface area contributed by atoms with Gasteiger partial charge in [0.2, 0.25) is 0 Å². The molecule has 0 atom stereocenters. The zero-order valence-corrected chi connectivity index (χ0v) is 12.4. The van der Waals surface area contributed by atoms with E-state index in [1.165, 1.54) is 12.4 Å². The lowest BCUT2D eigenvalue weighted by atomic mass is 9.84. The lowest BCUT2D eigenvalue weighted by molar-refractivity contribution is -0.137. The summed E-state index contributed by atoms with van der Waals surface area (Å²) in [7, 11) is 0. The van der Waals surface area contributed by atoms with Gasteiger partial charge in [0.1, 0.15) is 0 Å². The van der Waals surface area contributed by atoms with Crippen LogP contribution in [0.5, 0.6) is 0 Å². The fourth-order valence-corrected chi connectivity index (χ4v) is 1.92. The maximum atomic E-state index is 11.9. The van der Waals surface area contributed by atoms with Gasteiger partial charge < -0.3 is 10.4 Å². The van der Waals surface area contributed by atoms with Crippen molar-refractivity contribution in [2.45, 2.75) is 33.1 Å². The Labute approximate surface area is 123 Å². The van der Waals surface area contributed by atoms with Gasteiger partial charge in [-0.2, -0.15) is 0 Å². The monoisotopic (exact) mass is 298 g/mol. The molecule has 0 radical (unpaired) electrons. The van der Waals surface area contributed by atoms with E-state index in [1.807, 2.05) is 13.8 Å². The molecular weight excluding hydrogens is 280 g/mol. The molecule has 0 unspecified atom stereocenters. The first-order chi connectivity index (χ1) is 9.32. The number of carboxylic acid groups (broad SMARTS) is 1. The van der Waals surface area contributed by atoms with E-state index >= 15 is 0 Å². The largest absolute Gasteiger partial charge is 0.481 e. The minimum atomic E-state index is -0.802. The molecule has 1 amide bonds. The van der Waals surface area contributed by atoms with Gasteiger partial charge in [-0.05, 0) is 24.3 Å². The summed E-state index contributed by atoms with van der Waals surface area (Å²) < 4.78 is 0. The van der Waals surface area contributed by atoms with E-state index in [9.17, 15) is 9.59 Å². The Morgan fingerprint density at radius 2 is 2.10 bits per heavy atom. The Morgan fingerprint density at radius 1 is 1.40 bits per heavy atom. The summed E-state index contributed by atoms with van der Waals surface area (Å²) in [5, 5.41) is 11.8. The maximum Gasteiger partial charge on any atom is 0.303 e. The zero-order valence-electron chi connectivity index (χ0n) is 11.6. The third-order valence-electron chi connectivity index (χ3n) is 3.12. The van der Waals surface area contributed by atoms with Gasteiger partial charge >= 0.3 is 5.97 Å². The SMILES string of the molecule is CC(C)(CCNC(=O)c1cnccc1Cl)CCC(=O)O. The lowest BCUT2D eigenvalue weighted by Crippen LogP contribution is -2.28. The Morgan fingerprint density at radius 3 is 2.70 bits per heavy atom. The molecular formula is C14H19ClN2O3. The predicted molar refractivity (Wildman–Crippen MR) is 76.8 cm³/mol. The van der Waals surface area contributed by atoms with Gasteiger partial charge in [0.25, 0.3) is 5.91 Å². The normalized spacial score (nSPS) is 11.2. The van der Waals surface area contributed by atoms with Crippen LogP contribution in [0.4, 0.5) is 0 Å². The number of aromatic nitrogens is 1. The van der Waals surface area contributed by atoms with Gasteiger partial charge in [0.05, 0.1) is 10.6 Å². The molecule has 5 nitrogen and oxygen atoms in total. The molecule has 0 saturated carbocycles. The van der Waals surface area contributed by atoms with Crippen molar-refractivity contribution >= 4 is 23.5 Å². The van der Waals surface area contributed by atoms with Gasteiger partial charge in [0.15, 0.2) is 0 Å². The van der Waals surface area contributed by atoms with E-state index in [1.54, 1.807) is 6.07 Å². The molecule has 20 heavy (non-hydrogen) atoms. The van der Waals surface area contributed by atoms with Crippen LogP contribution in [-0.4, -0.2) is 28.5 Å². The highest BCUT2D eigenvalue weighted by molar-refractivity contribution is 6.33. The molecule has 1 heterocycles. The van der Waals surface area contributed by atoms with Crippen LogP contribution in [0.15, 0.2) is 18.5 Å². The summed E-state index contributed by atoms with van der Waals surface area (Å²) in [4.78, 5) is 26.3. The molecule has 1 aromatic rings. The second kappa shape index (κ2) is 7.24. The standard InChI is InChI=1S/C14H19ClN2O3/c1-14(2,5-3-12(18)19)6-8-17-13(20)10-9-16-7-4-11(10)15/h4,7,9H,3,5-6,8H2,1-2H3,(H,17,20)(H,18,19). The molecule has 0 aromatic carbocycles. The van der Waals surface area contributed by atoms with Crippen molar-refractivity contribution in [3.63, 3.8) is 0 Å². The molecule has 110 valence electrons. The van der Waals surface area contributed by atoms with Crippen molar-refractivity contribution in [1.29, 1.82) is 0 Å². The van der Waals surface area contributed by atoms with Crippen LogP contribution in [-0.2, 0) is 4.79 Å². The van der Waals surface area contributed by atoms with Crippen LogP contribution < -0.4 is 5.32 Å². The fraction of sp³-hybridized carbons (Fsp3) is 0.500. The molecule has 0 spiro atoms. The van der Waals surface area contributed by atoms with Crippen LogP contribution in [0.25, 0.3) is 0 Å². The molecule has 0 bridgehead atoms. The van der Waals surface area contributed by atoms with Crippen LogP contribution >= 0.6 is 11.6 Å². The summed E-state index contributed by atoms with van der Waals surface area (Å²) in [6, 6.07) is 1.56. The maximum absolute atomic E-state index is 11.9. The molecule has 0 aliphatic heterocycles. The van der Waals surface area contributed by atoms with E-state index in [2.05, 4.69) is 10.3 Å². The highest BCUT2D eigenvalue weighted by Crippen LogP contribution is 2.26. The van der Waals surface area contributed by atoms with E-state index < -0.39 is 5.97 Å². The van der Waals surface area contributed by atoms with E-state index in [4.69, 9.17) is 16.7 Å². The van der Waals surface area contributed by atoms with Gasteiger partial charge in [-0.1, -0.05) is 25.4 Å². The van der Waals surface area contributed by atoms with Crippen LogP contribution in [0.2, 0.25) is 5.02 Å². The van der Waals surface area contributed by atoms with Crippen molar-refractivity contribution in [2.75, 3.05) is 6.54 Å². The minimum Gasteiger partial charge on any atom is -0.481 e. The molecule has 0 aliphatic carbocycles. The Balaban J connectivity index is 2.42. The number of hydrogen-bond donors (Lipinski definition) is 2. The number of nitrogens with zero attached hydrogens (tertiary/aromatic N) is 1. The quantitative estimate of drug-likeness (QED) is 0.811. The number of carbonyl (C=O) groups is 2. The van der Waals surface area contributed by atoms with Gasteiger partial charge in [-0.25, -0.2) is 0 Å². The number of nitrogens with one attached hydrogen (secondary N) is 1. The first-order valence-corrected chi connectivity index (χ1v) is 6.79. The number of hydrogen-bond acceptors (Lipinski definition) is 3. The average molecular weight is 299 g/mol. The summed E-state index contributed by atoms with van der Waals surface area (Å²) in [6.45, 7) is 4.44. The topological polar surface area (TPSA) is 79.3 Å². The Bertz CT molecular complexity index is 489. The van der Waals surface area contributed by atoms with Gasteiger partial charge in [-0.3, -0.25) is 14.6 Å². The number of amides is 1. The van der Waals surface area contributed by atoms with Gasteiger partial charge in [0, 0.05) is 25.4 Å². The molecule has 1 aromatic heterocycles. The number of carbonyl (C=O) groups excluding carboxylic acids is 1. The first-order valence-electron chi connectivity index (χ1n) is 6.41. The number of pyridine rings is 1. The predicted octanol–water partition coefficient (Wildman–Crippen LogP) is 2.75. The molecule has 6 heteroatoms. The third kappa shape index (κ3) is 5.57. The molecule has 0 aliphatic rings. The Kier molecular flexibility index (Phi) is 5.95. The van der Waals surface area contributed by atoms with Crippen LogP contribution in [0.3, 0.4) is 0 Å². The molecule has 0 fully saturated rings. The van der Waals surface area contributed by atoms with Crippen molar-refractivity contribution in [3.8, 4) is 0 Å². The second-order valence-corrected chi connectivity index (χ2v) is 5.83. The summed E-state index contributed by atoms with van der Waals surface area (Å²) in [6.07, 6.45) is 4.35. The summed E-state index contributed by atoms with van der Waals surface area (Å²) >= 11 is 5.91. The van der Waals surface area contributed by atoms with E-state index in [0.29, 0.717) is 30.0 Å². The van der Waals surface area contributed by atoms with E-state index in [0.717, 1.165) is 0 Å². The average Bonchev–Trinajstić information content (AvgIpc) is 2.37. The van der Waals surface area contributed by atoms with Crippen molar-refractivity contribution < 1.29 is 14.7 Å². The molecule has 2 N–H and O–H groups in total. The smallest absolute Gasteiger partial charge is 0.303 e. The number of carboxylic acids is 1. The highest BCUT2D eigenvalue weighted by atomic mass is 35.5. The zero-order chi connectivity index (χ0) is 15.2. The lowest BCUT2D eigenvalue weighted by Gasteiger charge is -2.23. The minimum absolute atomic E-state index is 0.134. The van der Waals surface area contributed by atoms with Crippen molar-refractivity contribution in [3.05, 3.63) is 29.0 Å². The van der Waals surface area contributed by atoms with E-state index in [-0.39, 0.29) is 17.7 Å². The number of rotatable bonds is 7. The Hall–Kier alpha value is -1.62. The van der Waals surface area contributed by atoms with Gasteiger partial charge in [-0.15, -0.1) is 0 Å². The number of aliphatic carboxylic acids is 1. The van der Waals surface area contributed by atoms with Crippen molar-refractivity contribution in [1.82, 2.24) is 10.3 Å². The summed E-state index contributed by atoms with van der Waals surface area (Å²) in [5.74, 6) is -1.07.